The first kappa shape index (κ1) is 10.0. The molecule has 86 valence electrons. The molecular formula is C12H17N3O. The van der Waals surface area contributed by atoms with Gasteiger partial charge in [-0.2, -0.15) is 0 Å². The molecule has 0 saturated carbocycles. The fourth-order valence-electron chi connectivity index (χ4n) is 2.89. The van der Waals surface area contributed by atoms with Gasteiger partial charge in [0.25, 0.3) is 0 Å². The molecule has 0 bridgehead atoms. The van der Waals surface area contributed by atoms with E-state index in [0.717, 1.165) is 38.0 Å². The number of aromatic nitrogens is 2. The van der Waals surface area contributed by atoms with Crippen LogP contribution < -0.4 is 4.90 Å². The summed E-state index contributed by atoms with van der Waals surface area (Å²) in [5.41, 5.74) is 2.54. The summed E-state index contributed by atoms with van der Waals surface area (Å²) in [5, 5.41) is 9.36. The standard InChI is InChI=1S/C12H17N3O/c16-7-9-3-2-6-15(9)12-10-4-1-5-11(10)13-8-14-12/h8-9,16H,1-7H2/t9-/m0/s1. The Hall–Kier alpha value is -1.16. The van der Waals surface area contributed by atoms with E-state index in [4.69, 9.17) is 0 Å². The Kier molecular flexibility index (Phi) is 2.52. The SMILES string of the molecule is OC[C@@H]1CCCN1c1ncnc2c1CCC2. The molecule has 0 unspecified atom stereocenters. The maximum Gasteiger partial charge on any atom is 0.135 e. The zero-order chi connectivity index (χ0) is 11.0. The largest absolute Gasteiger partial charge is 0.394 e. The van der Waals surface area contributed by atoms with Crippen molar-refractivity contribution >= 4 is 5.82 Å². The summed E-state index contributed by atoms with van der Waals surface area (Å²) in [6.45, 7) is 1.26. The van der Waals surface area contributed by atoms with Gasteiger partial charge in [0.05, 0.1) is 12.6 Å². The minimum absolute atomic E-state index is 0.235. The predicted molar refractivity (Wildman–Crippen MR) is 61.5 cm³/mol. The van der Waals surface area contributed by atoms with E-state index in [-0.39, 0.29) is 12.6 Å². The van der Waals surface area contributed by atoms with Gasteiger partial charge in [-0.1, -0.05) is 0 Å². The van der Waals surface area contributed by atoms with Crippen LogP contribution in [0.3, 0.4) is 0 Å². The van der Waals surface area contributed by atoms with Crippen molar-refractivity contribution in [1.82, 2.24) is 9.97 Å². The van der Waals surface area contributed by atoms with Crippen LogP contribution in [0.15, 0.2) is 6.33 Å². The Balaban J connectivity index is 1.97. The van der Waals surface area contributed by atoms with Crippen molar-refractivity contribution in [3.63, 3.8) is 0 Å². The fraction of sp³-hybridized carbons (Fsp3) is 0.667. The van der Waals surface area contributed by atoms with Crippen molar-refractivity contribution in [3.05, 3.63) is 17.6 Å². The summed E-state index contributed by atoms with van der Waals surface area (Å²) in [5.74, 6) is 1.08. The molecule has 2 heterocycles. The summed E-state index contributed by atoms with van der Waals surface area (Å²) in [6.07, 6.45) is 7.28. The maximum atomic E-state index is 9.36. The van der Waals surface area contributed by atoms with Gasteiger partial charge in [-0.15, -0.1) is 0 Å². The van der Waals surface area contributed by atoms with Crippen LogP contribution in [0.5, 0.6) is 0 Å². The number of hydrogen-bond donors (Lipinski definition) is 1. The normalized spacial score (nSPS) is 23.8. The quantitative estimate of drug-likeness (QED) is 0.803. The summed E-state index contributed by atoms with van der Waals surface area (Å²) in [4.78, 5) is 11.0. The topological polar surface area (TPSA) is 49.2 Å². The van der Waals surface area contributed by atoms with Gasteiger partial charge in [-0.05, 0) is 32.1 Å². The van der Waals surface area contributed by atoms with E-state index in [9.17, 15) is 5.11 Å². The Morgan fingerprint density at radius 2 is 2.25 bits per heavy atom. The highest BCUT2D eigenvalue weighted by Gasteiger charge is 2.29. The Morgan fingerprint density at radius 3 is 3.12 bits per heavy atom. The number of aryl methyl sites for hydroxylation is 1. The van der Waals surface area contributed by atoms with Gasteiger partial charge in [-0.25, -0.2) is 9.97 Å². The molecule has 1 aromatic heterocycles. The Morgan fingerprint density at radius 1 is 1.31 bits per heavy atom. The summed E-state index contributed by atoms with van der Waals surface area (Å²) in [6, 6.07) is 0.264. The second kappa shape index (κ2) is 4.01. The van der Waals surface area contributed by atoms with Gasteiger partial charge < -0.3 is 10.0 Å². The van der Waals surface area contributed by atoms with Crippen molar-refractivity contribution in [2.24, 2.45) is 0 Å². The molecule has 4 heteroatoms. The molecule has 1 aromatic rings. The third kappa shape index (κ3) is 1.48. The zero-order valence-electron chi connectivity index (χ0n) is 9.39. The number of nitrogens with zero attached hydrogens (tertiary/aromatic N) is 3. The number of aliphatic hydroxyl groups excluding tert-OH is 1. The molecule has 16 heavy (non-hydrogen) atoms. The third-order valence-electron chi connectivity index (χ3n) is 3.71. The van der Waals surface area contributed by atoms with Gasteiger partial charge >= 0.3 is 0 Å². The number of fused-ring (bicyclic) bond motifs is 1. The molecular weight excluding hydrogens is 202 g/mol. The van der Waals surface area contributed by atoms with E-state index in [0.29, 0.717) is 0 Å². The molecule has 0 amide bonds. The van der Waals surface area contributed by atoms with E-state index in [2.05, 4.69) is 14.9 Å². The molecule has 1 saturated heterocycles. The van der Waals surface area contributed by atoms with Gasteiger partial charge in [0.1, 0.15) is 12.1 Å². The predicted octanol–water partition coefficient (Wildman–Crippen LogP) is 0.926. The van der Waals surface area contributed by atoms with Crippen LogP contribution in [0.2, 0.25) is 0 Å². The maximum absolute atomic E-state index is 9.36. The average Bonchev–Trinajstić information content (AvgIpc) is 2.96. The van der Waals surface area contributed by atoms with Gasteiger partial charge in [-0.3, -0.25) is 0 Å². The van der Waals surface area contributed by atoms with Crippen LogP contribution in [0, 0.1) is 0 Å². The van der Waals surface area contributed by atoms with Crippen LogP contribution in [0.1, 0.15) is 30.5 Å². The molecule has 1 aliphatic carbocycles. The minimum Gasteiger partial charge on any atom is -0.394 e. The third-order valence-corrected chi connectivity index (χ3v) is 3.71. The van der Waals surface area contributed by atoms with Crippen molar-refractivity contribution in [1.29, 1.82) is 0 Å². The Bertz CT molecular complexity index is 394. The average molecular weight is 219 g/mol. The second-order valence-corrected chi connectivity index (χ2v) is 4.65. The van der Waals surface area contributed by atoms with Crippen LogP contribution in [-0.2, 0) is 12.8 Å². The molecule has 4 nitrogen and oxygen atoms in total. The molecule has 2 aliphatic rings. The van der Waals surface area contributed by atoms with Crippen molar-refractivity contribution in [2.45, 2.75) is 38.1 Å². The molecule has 3 rings (SSSR count). The van der Waals surface area contributed by atoms with E-state index < -0.39 is 0 Å². The first-order chi connectivity index (χ1) is 7.90. The molecule has 1 N–H and O–H groups in total. The highest BCUT2D eigenvalue weighted by atomic mass is 16.3. The first-order valence-corrected chi connectivity index (χ1v) is 6.10. The number of anilines is 1. The number of rotatable bonds is 2. The Labute approximate surface area is 95.3 Å². The lowest BCUT2D eigenvalue weighted by Gasteiger charge is -2.25. The molecule has 1 fully saturated rings. The molecule has 1 aliphatic heterocycles. The van der Waals surface area contributed by atoms with Gasteiger partial charge in [0.15, 0.2) is 0 Å². The van der Waals surface area contributed by atoms with Crippen LogP contribution >= 0.6 is 0 Å². The van der Waals surface area contributed by atoms with E-state index in [1.165, 1.54) is 17.7 Å². The van der Waals surface area contributed by atoms with Crippen molar-refractivity contribution in [3.8, 4) is 0 Å². The lowest BCUT2D eigenvalue weighted by atomic mass is 10.2. The molecule has 1 atom stereocenters. The highest BCUT2D eigenvalue weighted by Crippen LogP contribution is 2.31. The number of aliphatic hydroxyl groups is 1. The van der Waals surface area contributed by atoms with Gasteiger partial charge in [0.2, 0.25) is 0 Å². The van der Waals surface area contributed by atoms with Crippen LogP contribution in [0.25, 0.3) is 0 Å². The summed E-state index contributed by atoms with van der Waals surface area (Å²) in [7, 11) is 0. The molecule has 0 spiro atoms. The van der Waals surface area contributed by atoms with E-state index in [1.54, 1.807) is 6.33 Å². The summed E-state index contributed by atoms with van der Waals surface area (Å²) < 4.78 is 0. The highest BCUT2D eigenvalue weighted by molar-refractivity contribution is 5.52. The summed E-state index contributed by atoms with van der Waals surface area (Å²) >= 11 is 0. The lowest BCUT2D eigenvalue weighted by molar-refractivity contribution is 0.266. The van der Waals surface area contributed by atoms with Crippen molar-refractivity contribution < 1.29 is 5.11 Å². The lowest BCUT2D eigenvalue weighted by Crippen LogP contribution is -2.33. The smallest absolute Gasteiger partial charge is 0.135 e. The second-order valence-electron chi connectivity index (χ2n) is 4.65. The van der Waals surface area contributed by atoms with E-state index in [1.807, 2.05) is 0 Å². The number of hydrogen-bond acceptors (Lipinski definition) is 4. The monoisotopic (exact) mass is 219 g/mol. The zero-order valence-corrected chi connectivity index (χ0v) is 9.39. The van der Waals surface area contributed by atoms with Crippen molar-refractivity contribution in [2.75, 3.05) is 18.1 Å². The van der Waals surface area contributed by atoms with Crippen LogP contribution in [-0.4, -0.2) is 34.3 Å². The molecule has 0 aromatic carbocycles. The first-order valence-electron chi connectivity index (χ1n) is 6.10. The fourth-order valence-corrected chi connectivity index (χ4v) is 2.89. The molecule has 0 radical (unpaired) electrons. The van der Waals surface area contributed by atoms with Gasteiger partial charge in [0, 0.05) is 17.8 Å². The van der Waals surface area contributed by atoms with E-state index >= 15 is 0 Å². The minimum atomic E-state index is 0.235. The van der Waals surface area contributed by atoms with Crippen LogP contribution in [0.4, 0.5) is 5.82 Å².